The number of carbonyl (C=O) groups excluding carboxylic acids is 2. The predicted molar refractivity (Wildman–Crippen MR) is 126 cm³/mol. The Hall–Kier alpha value is -1.30. The molecule has 32 heavy (non-hydrogen) atoms. The van der Waals surface area contributed by atoms with Gasteiger partial charge in [-0.05, 0) is 101 Å². The molecule has 6 heteroatoms. The third-order valence-electron chi connectivity index (χ3n) is 8.97. The van der Waals surface area contributed by atoms with Crippen molar-refractivity contribution in [3.05, 3.63) is 0 Å². The molecule has 0 aromatic carbocycles. The second-order valence-electron chi connectivity index (χ2n) is 11.3. The predicted octanol–water partition coefficient (Wildman–Crippen LogP) is 5.20. The van der Waals surface area contributed by atoms with Crippen LogP contribution >= 0.6 is 0 Å². The van der Waals surface area contributed by atoms with E-state index in [0.29, 0.717) is 23.8 Å². The van der Waals surface area contributed by atoms with Gasteiger partial charge in [-0.2, -0.15) is 0 Å². The van der Waals surface area contributed by atoms with Crippen molar-refractivity contribution in [3.63, 3.8) is 0 Å². The molecule has 0 aromatic rings. The van der Waals surface area contributed by atoms with E-state index in [0.717, 1.165) is 64.2 Å². The minimum absolute atomic E-state index is 0.0424. The first-order valence-electron chi connectivity index (χ1n) is 13.0. The quantitative estimate of drug-likeness (QED) is 0.544. The summed E-state index contributed by atoms with van der Waals surface area (Å²) in [7, 11) is 2.00. The minimum atomic E-state index is -0.231. The molecule has 3 fully saturated rings. The largest absolute Gasteiger partial charge is 0.463 e. The van der Waals surface area contributed by atoms with Crippen LogP contribution in [-0.4, -0.2) is 43.4 Å². The van der Waals surface area contributed by atoms with E-state index in [-0.39, 0.29) is 35.7 Å². The topological polar surface area (TPSA) is 76.7 Å². The van der Waals surface area contributed by atoms with Crippen molar-refractivity contribution in [2.75, 3.05) is 7.05 Å². The Bertz CT molecular complexity index is 621. The zero-order valence-corrected chi connectivity index (χ0v) is 21.0. The van der Waals surface area contributed by atoms with Crippen LogP contribution in [0, 0.1) is 23.2 Å². The summed E-state index contributed by atoms with van der Waals surface area (Å²) in [6.45, 7) is 8.57. The molecule has 1 amide bonds. The Balaban J connectivity index is 1.41. The molecule has 2 N–H and O–H groups in total. The van der Waals surface area contributed by atoms with E-state index in [1.165, 1.54) is 13.3 Å². The van der Waals surface area contributed by atoms with Crippen LogP contribution in [0.4, 0.5) is 4.79 Å². The first-order valence-corrected chi connectivity index (χ1v) is 13.0. The highest BCUT2D eigenvalue weighted by Crippen LogP contribution is 2.48. The molecule has 6 nitrogen and oxygen atoms in total. The number of rotatable bonds is 6. The van der Waals surface area contributed by atoms with Gasteiger partial charge in [0.05, 0.1) is 0 Å². The fourth-order valence-electron chi connectivity index (χ4n) is 6.54. The van der Waals surface area contributed by atoms with Gasteiger partial charge in [0.15, 0.2) is 0 Å². The molecule has 0 heterocycles. The number of alkyl carbamates (subject to hydrolysis) is 1. The third kappa shape index (κ3) is 6.61. The Kier molecular flexibility index (Phi) is 8.88. The zero-order valence-electron chi connectivity index (χ0n) is 21.0. The van der Waals surface area contributed by atoms with E-state index < -0.39 is 0 Å². The number of hydrogen-bond acceptors (Lipinski definition) is 5. The smallest absolute Gasteiger partial charge is 0.407 e. The summed E-state index contributed by atoms with van der Waals surface area (Å²) < 4.78 is 11.3. The molecule has 184 valence electrons. The first kappa shape index (κ1) is 25.3. The lowest BCUT2D eigenvalue weighted by Crippen LogP contribution is -2.48. The van der Waals surface area contributed by atoms with Crippen LogP contribution in [0.3, 0.4) is 0 Å². The molecule has 0 aromatic heterocycles. The van der Waals surface area contributed by atoms with Crippen molar-refractivity contribution >= 4 is 12.1 Å². The van der Waals surface area contributed by atoms with E-state index in [1.807, 2.05) is 7.05 Å². The van der Waals surface area contributed by atoms with Crippen molar-refractivity contribution in [2.45, 2.75) is 123 Å². The molecular weight excluding hydrogens is 404 g/mol. The second kappa shape index (κ2) is 11.2. The summed E-state index contributed by atoms with van der Waals surface area (Å²) in [5, 5.41) is 6.51. The van der Waals surface area contributed by atoms with Crippen molar-refractivity contribution in [3.8, 4) is 0 Å². The normalized spacial score (nSPS) is 36.2. The van der Waals surface area contributed by atoms with Crippen LogP contribution in [-0.2, 0) is 14.3 Å². The maximum Gasteiger partial charge on any atom is 0.407 e. The minimum Gasteiger partial charge on any atom is -0.463 e. The average Bonchev–Trinajstić information content (AvgIpc) is 2.75. The molecule has 3 atom stereocenters. The molecule has 0 bridgehead atoms. The Morgan fingerprint density at radius 3 is 1.84 bits per heavy atom. The highest BCUT2D eigenvalue weighted by Gasteiger charge is 2.41. The summed E-state index contributed by atoms with van der Waals surface area (Å²) in [6, 6.07) is 0.685. The van der Waals surface area contributed by atoms with Crippen molar-refractivity contribution in [2.24, 2.45) is 23.2 Å². The molecule has 3 unspecified atom stereocenters. The average molecular weight is 451 g/mol. The van der Waals surface area contributed by atoms with Gasteiger partial charge < -0.3 is 20.1 Å². The Labute approximate surface area is 194 Å². The Morgan fingerprint density at radius 1 is 0.812 bits per heavy atom. The number of amides is 1. The number of esters is 1. The number of nitrogens with one attached hydrogen (secondary N) is 2. The Morgan fingerprint density at radius 2 is 1.34 bits per heavy atom. The van der Waals surface area contributed by atoms with Gasteiger partial charge in [-0.25, -0.2) is 4.79 Å². The van der Waals surface area contributed by atoms with Gasteiger partial charge in [-0.3, -0.25) is 4.79 Å². The van der Waals surface area contributed by atoms with Gasteiger partial charge in [0.1, 0.15) is 12.2 Å². The first-order chi connectivity index (χ1) is 15.2. The monoisotopic (exact) mass is 450 g/mol. The zero-order chi connectivity index (χ0) is 23.3. The molecule has 0 aliphatic heterocycles. The summed E-state index contributed by atoms with van der Waals surface area (Å²) in [6.07, 6.45) is 11.6. The van der Waals surface area contributed by atoms with Crippen LogP contribution in [0.2, 0.25) is 0 Å². The maximum absolute atomic E-state index is 12.6. The molecule has 3 aliphatic rings. The van der Waals surface area contributed by atoms with Crippen LogP contribution in [0.5, 0.6) is 0 Å². The molecule has 0 saturated heterocycles. The van der Waals surface area contributed by atoms with Gasteiger partial charge in [-0.1, -0.05) is 20.8 Å². The highest BCUT2D eigenvalue weighted by molar-refractivity contribution is 5.68. The van der Waals surface area contributed by atoms with Crippen molar-refractivity contribution < 1.29 is 19.1 Å². The van der Waals surface area contributed by atoms with Crippen LogP contribution in [0.1, 0.15) is 98.3 Å². The lowest BCUT2D eigenvalue weighted by atomic mass is 9.60. The summed E-state index contributed by atoms with van der Waals surface area (Å²) in [5.41, 5.74) is 0.272. The van der Waals surface area contributed by atoms with E-state index in [9.17, 15) is 9.59 Å². The van der Waals surface area contributed by atoms with Gasteiger partial charge in [0.2, 0.25) is 0 Å². The molecule has 0 spiro atoms. The van der Waals surface area contributed by atoms with Crippen LogP contribution < -0.4 is 10.6 Å². The van der Waals surface area contributed by atoms with Gasteiger partial charge in [-0.15, -0.1) is 0 Å². The van der Waals surface area contributed by atoms with Crippen LogP contribution in [0.25, 0.3) is 0 Å². The lowest BCUT2D eigenvalue weighted by molar-refractivity contribution is -0.148. The molecule has 3 rings (SSSR count). The van der Waals surface area contributed by atoms with E-state index in [1.54, 1.807) is 0 Å². The molecule has 3 saturated carbocycles. The maximum atomic E-state index is 12.6. The fraction of sp³-hybridized carbons (Fsp3) is 0.923. The van der Waals surface area contributed by atoms with Gasteiger partial charge >= 0.3 is 12.1 Å². The molecular formula is C26H46N2O4. The summed E-state index contributed by atoms with van der Waals surface area (Å²) in [4.78, 5) is 23.8. The number of carbonyl (C=O) groups is 2. The SMILES string of the molecule is CNC1CCC(C)C(NC(=O)OC2CCC(C(C)(C)C3CCC(OC(C)=O)CC3)CC2)C1. The van der Waals surface area contributed by atoms with Crippen molar-refractivity contribution in [1.82, 2.24) is 10.6 Å². The lowest BCUT2D eigenvalue weighted by Gasteiger charge is -2.46. The third-order valence-corrected chi connectivity index (χ3v) is 8.97. The van der Waals surface area contributed by atoms with E-state index >= 15 is 0 Å². The van der Waals surface area contributed by atoms with Crippen molar-refractivity contribution in [1.29, 1.82) is 0 Å². The number of hydrogen-bond donors (Lipinski definition) is 2. The standard InChI is InChI=1S/C26H46N2O4/c1-17-6-11-21(27-5)16-24(17)28-25(30)32-23-14-9-20(10-15-23)26(3,4)19-7-12-22(13-8-19)31-18(2)29/h17,19-24,27H,6-16H2,1-5H3,(H,28,30). The second-order valence-corrected chi connectivity index (χ2v) is 11.3. The molecule has 3 aliphatic carbocycles. The highest BCUT2D eigenvalue weighted by atomic mass is 16.6. The number of ether oxygens (including phenoxy) is 2. The van der Waals surface area contributed by atoms with E-state index in [4.69, 9.17) is 9.47 Å². The van der Waals surface area contributed by atoms with E-state index in [2.05, 4.69) is 31.4 Å². The van der Waals surface area contributed by atoms with Gasteiger partial charge in [0, 0.05) is 19.0 Å². The van der Waals surface area contributed by atoms with Crippen LogP contribution in [0.15, 0.2) is 0 Å². The molecule has 0 radical (unpaired) electrons. The fourth-order valence-corrected chi connectivity index (χ4v) is 6.54. The summed E-state index contributed by atoms with van der Waals surface area (Å²) >= 11 is 0. The summed E-state index contributed by atoms with van der Waals surface area (Å²) in [5.74, 6) is 1.68. The van der Waals surface area contributed by atoms with Gasteiger partial charge in [0.25, 0.3) is 0 Å².